The maximum Gasteiger partial charge on any atom is 0.255 e. The highest BCUT2D eigenvalue weighted by Gasteiger charge is 2.10. The fourth-order valence-corrected chi connectivity index (χ4v) is 3.49. The summed E-state index contributed by atoms with van der Waals surface area (Å²) < 4.78 is 11.2. The van der Waals surface area contributed by atoms with Crippen molar-refractivity contribution in [1.29, 1.82) is 0 Å². The predicted octanol–water partition coefficient (Wildman–Crippen LogP) is 4.26. The van der Waals surface area contributed by atoms with Crippen LogP contribution in [0.2, 0.25) is 0 Å². The molecule has 0 unspecified atom stereocenters. The van der Waals surface area contributed by atoms with Gasteiger partial charge in [-0.05, 0) is 54.1 Å². The molecule has 3 aromatic carbocycles. The molecule has 1 aliphatic heterocycles. The van der Waals surface area contributed by atoms with Crippen LogP contribution in [0.5, 0.6) is 5.75 Å². The van der Waals surface area contributed by atoms with E-state index in [1.54, 1.807) is 0 Å². The second kappa shape index (κ2) is 11.3. The second-order valence-corrected chi connectivity index (χ2v) is 7.70. The lowest BCUT2D eigenvalue weighted by Gasteiger charge is -2.26. The molecule has 0 aromatic heterocycles. The molecule has 32 heavy (non-hydrogen) atoms. The van der Waals surface area contributed by atoms with Crippen molar-refractivity contribution in [2.75, 3.05) is 50.1 Å². The topological polar surface area (TPSA) is 62.8 Å². The van der Waals surface area contributed by atoms with Crippen LogP contribution in [0.1, 0.15) is 15.9 Å². The average Bonchev–Trinajstić information content (AvgIpc) is 2.85. The van der Waals surface area contributed by atoms with E-state index in [2.05, 4.69) is 15.5 Å². The molecule has 1 heterocycles. The first-order chi connectivity index (χ1) is 15.8. The molecule has 1 saturated heterocycles. The summed E-state index contributed by atoms with van der Waals surface area (Å²) in [5, 5.41) is 6.31. The molecule has 0 bridgehead atoms. The average molecular weight is 432 g/mol. The van der Waals surface area contributed by atoms with Crippen molar-refractivity contribution in [3.05, 3.63) is 90.0 Å². The molecule has 0 saturated carbocycles. The third-order valence-corrected chi connectivity index (χ3v) is 5.38. The van der Waals surface area contributed by atoms with Gasteiger partial charge in [-0.2, -0.15) is 0 Å². The quantitative estimate of drug-likeness (QED) is 0.530. The highest BCUT2D eigenvalue weighted by Crippen LogP contribution is 2.17. The van der Waals surface area contributed by atoms with Gasteiger partial charge in [0.2, 0.25) is 0 Å². The van der Waals surface area contributed by atoms with E-state index in [1.165, 1.54) is 0 Å². The lowest BCUT2D eigenvalue weighted by molar-refractivity contribution is 0.0322. The van der Waals surface area contributed by atoms with Crippen LogP contribution in [-0.2, 0) is 11.3 Å². The SMILES string of the molecule is O=C(Nc1ccccc1)c1ccc(CNc2ccc(OCCN3CCOCC3)cc2)cc1. The minimum absolute atomic E-state index is 0.111. The molecular formula is C26H29N3O3. The number of amides is 1. The standard InChI is InChI=1S/C26H29N3O3/c30-26(28-24-4-2-1-3-5-24)22-8-6-21(7-9-22)20-27-23-10-12-25(13-11-23)32-19-16-29-14-17-31-18-15-29/h1-13,27H,14-20H2,(H,28,30). The van der Waals surface area contributed by atoms with Gasteiger partial charge >= 0.3 is 0 Å². The normalized spacial score (nSPS) is 14.0. The Balaban J connectivity index is 1.20. The van der Waals surface area contributed by atoms with Crippen LogP contribution in [0.25, 0.3) is 0 Å². The largest absolute Gasteiger partial charge is 0.492 e. The maximum atomic E-state index is 12.4. The van der Waals surface area contributed by atoms with Crippen LogP contribution >= 0.6 is 0 Å². The first-order valence-electron chi connectivity index (χ1n) is 11.0. The van der Waals surface area contributed by atoms with Gasteiger partial charge in [-0.3, -0.25) is 9.69 Å². The third-order valence-electron chi connectivity index (χ3n) is 5.38. The predicted molar refractivity (Wildman–Crippen MR) is 127 cm³/mol. The van der Waals surface area contributed by atoms with Crippen LogP contribution in [-0.4, -0.2) is 50.3 Å². The number of carbonyl (C=O) groups is 1. The van der Waals surface area contributed by atoms with E-state index in [-0.39, 0.29) is 5.91 Å². The Kier molecular flexibility index (Phi) is 7.74. The molecule has 6 nitrogen and oxygen atoms in total. The fourth-order valence-electron chi connectivity index (χ4n) is 3.49. The molecule has 1 amide bonds. The Morgan fingerprint density at radius 1 is 0.875 bits per heavy atom. The number of rotatable bonds is 9. The summed E-state index contributed by atoms with van der Waals surface area (Å²) in [6, 6.07) is 25.1. The molecule has 1 fully saturated rings. The zero-order valence-corrected chi connectivity index (χ0v) is 18.1. The second-order valence-electron chi connectivity index (χ2n) is 7.70. The molecular weight excluding hydrogens is 402 g/mol. The highest BCUT2D eigenvalue weighted by atomic mass is 16.5. The molecule has 4 rings (SSSR count). The molecule has 0 radical (unpaired) electrons. The van der Waals surface area contributed by atoms with E-state index in [4.69, 9.17) is 9.47 Å². The van der Waals surface area contributed by atoms with Crippen LogP contribution in [0, 0.1) is 0 Å². The monoisotopic (exact) mass is 431 g/mol. The van der Waals surface area contributed by atoms with Gasteiger partial charge in [-0.1, -0.05) is 30.3 Å². The number of benzene rings is 3. The molecule has 166 valence electrons. The van der Waals surface area contributed by atoms with Crippen molar-refractivity contribution in [2.24, 2.45) is 0 Å². The number of carbonyl (C=O) groups excluding carboxylic acids is 1. The van der Waals surface area contributed by atoms with Crippen LogP contribution in [0.15, 0.2) is 78.9 Å². The Morgan fingerprint density at radius 3 is 2.31 bits per heavy atom. The minimum Gasteiger partial charge on any atom is -0.492 e. The first-order valence-corrected chi connectivity index (χ1v) is 11.0. The van der Waals surface area contributed by atoms with Gasteiger partial charge in [0.25, 0.3) is 5.91 Å². The number of nitrogens with zero attached hydrogens (tertiary/aromatic N) is 1. The number of ether oxygens (including phenoxy) is 2. The van der Waals surface area contributed by atoms with Crippen molar-refractivity contribution in [1.82, 2.24) is 4.90 Å². The Hall–Kier alpha value is -3.35. The summed E-state index contributed by atoms with van der Waals surface area (Å²) >= 11 is 0. The lowest BCUT2D eigenvalue weighted by Crippen LogP contribution is -2.38. The molecule has 0 aliphatic carbocycles. The van der Waals surface area contributed by atoms with Gasteiger partial charge in [0.05, 0.1) is 13.2 Å². The number of morpholine rings is 1. The number of hydrogen-bond acceptors (Lipinski definition) is 5. The summed E-state index contributed by atoms with van der Waals surface area (Å²) in [5.41, 5.74) is 3.55. The molecule has 0 atom stereocenters. The van der Waals surface area contributed by atoms with Crippen molar-refractivity contribution in [3.8, 4) is 5.75 Å². The molecule has 6 heteroatoms. The van der Waals surface area contributed by atoms with E-state index in [0.29, 0.717) is 18.7 Å². The van der Waals surface area contributed by atoms with E-state index in [1.807, 2.05) is 78.9 Å². The fraction of sp³-hybridized carbons (Fsp3) is 0.269. The van der Waals surface area contributed by atoms with E-state index < -0.39 is 0 Å². The van der Waals surface area contributed by atoms with Gasteiger partial charge in [-0.15, -0.1) is 0 Å². The van der Waals surface area contributed by atoms with Gasteiger partial charge in [-0.25, -0.2) is 0 Å². The van der Waals surface area contributed by atoms with E-state index in [9.17, 15) is 4.79 Å². The number of para-hydroxylation sites is 1. The number of hydrogen-bond donors (Lipinski definition) is 2. The summed E-state index contributed by atoms with van der Waals surface area (Å²) in [4.78, 5) is 14.7. The zero-order valence-electron chi connectivity index (χ0n) is 18.1. The smallest absolute Gasteiger partial charge is 0.255 e. The summed E-state index contributed by atoms with van der Waals surface area (Å²) in [5.74, 6) is 0.762. The Labute approximate surface area is 189 Å². The van der Waals surface area contributed by atoms with Gasteiger partial charge in [0.1, 0.15) is 12.4 Å². The summed E-state index contributed by atoms with van der Waals surface area (Å²) in [6.45, 7) is 5.85. The zero-order chi connectivity index (χ0) is 22.0. The van der Waals surface area contributed by atoms with Crippen LogP contribution in [0.4, 0.5) is 11.4 Å². The third kappa shape index (κ3) is 6.57. The maximum absolute atomic E-state index is 12.4. The Bertz CT molecular complexity index is 969. The van der Waals surface area contributed by atoms with Crippen molar-refractivity contribution >= 4 is 17.3 Å². The van der Waals surface area contributed by atoms with Crippen LogP contribution < -0.4 is 15.4 Å². The lowest BCUT2D eigenvalue weighted by atomic mass is 10.1. The van der Waals surface area contributed by atoms with Gasteiger partial charge in [0.15, 0.2) is 0 Å². The van der Waals surface area contributed by atoms with Crippen molar-refractivity contribution in [2.45, 2.75) is 6.54 Å². The molecule has 2 N–H and O–H groups in total. The van der Waals surface area contributed by atoms with Crippen LogP contribution in [0.3, 0.4) is 0 Å². The summed E-state index contributed by atoms with van der Waals surface area (Å²) in [7, 11) is 0. The van der Waals surface area contributed by atoms with E-state index >= 15 is 0 Å². The Morgan fingerprint density at radius 2 is 1.59 bits per heavy atom. The molecule has 3 aromatic rings. The minimum atomic E-state index is -0.111. The highest BCUT2D eigenvalue weighted by molar-refractivity contribution is 6.04. The van der Waals surface area contributed by atoms with Gasteiger partial charge in [0, 0.05) is 43.1 Å². The van der Waals surface area contributed by atoms with Crippen molar-refractivity contribution < 1.29 is 14.3 Å². The first kappa shape index (κ1) is 21.9. The molecule has 1 aliphatic rings. The number of nitrogens with one attached hydrogen (secondary N) is 2. The summed E-state index contributed by atoms with van der Waals surface area (Å²) in [6.07, 6.45) is 0. The van der Waals surface area contributed by atoms with Crippen molar-refractivity contribution in [3.63, 3.8) is 0 Å². The van der Waals surface area contributed by atoms with E-state index in [0.717, 1.165) is 55.5 Å². The number of anilines is 2. The van der Waals surface area contributed by atoms with Gasteiger partial charge < -0.3 is 20.1 Å². The molecule has 0 spiro atoms.